The summed E-state index contributed by atoms with van der Waals surface area (Å²) in [5.41, 5.74) is -0.675. The number of hydrogen-bond donors (Lipinski definition) is 1. The summed E-state index contributed by atoms with van der Waals surface area (Å²) >= 11 is 0. The topological polar surface area (TPSA) is 75.7 Å². The number of esters is 1. The molecule has 0 spiro atoms. The number of ether oxygens (including phenoxy) is 1. The van der Waals surface area contributed by atoms with Crippen molar-refractivity contribution in [2.45, 2.75) is 31.7 Å². The van der Waals surface area contributed by atoms with E-state index in [1.807, 2.05) is 0 Å². The van der Waals surface area contributed by atoms with Crippen LogP contribution in [0.3, 0.4) is 0 Å². The summed E-state index contributed by atoms with van der Waals surface area (Å²) in [5, 5.41) is 3.40. The van der Waals surface area contributed by atoms with E-state index in [4.69, 9.17) is 4.74 Å². The van der Waals surface area contributed by atoms with Crippen LogP contribution in [0, 0.1) is 5.92 Å². The summed E-state index contributed by atoms with van der Waals surface area (Å²) in [7, 11) is -1.47. The normalized spacial score (nSPS) is 25.2. The Kier molecular flexibility index (Phi) is 5.27. The van der Waals surface area contributed by atoms with E-state index in [1.165, 1.54) is 7.11 Å². The van der Waals surface area contributed by atoms with Crippen molar-refractivity contribution in [3.8, 4) is 0 Å². The molecule has 7 heteroatoms. The minimum Gasteiger partial charge on any atom is -0.468 e. The molecule has 1 heterocycles. The van der Waals surface area contributed by atoms with Gasteiger partial charge >= 0.3 is 5.97 Å². The average Bonchev–Trinajstić information content (AvgIpc) is 3.29. The molecule has 6 nitrogen and oxygen atoms in total. The van der Waals surface area contributed by atoms with Crippen molar-refractivity contribution in [3.05, 3.63) is 0 Å². The maximum absolute atomic E-state index is 12.4. The van der Waals surface area contributed by atoms with Gasteiger partial charge in [0.2, 0.25) is 0 Å². The van der Waals surface area contributed by atoms with Gasteiger partial charge in [0.25, 0.3) is 0 Å². The van der Waals surface area contributed by atoms with Gasteiger partial charge in [-0.3, -0.25) is 4.90 Å². The van der Waals surface area contributed by atoms with E-state index in [2.05, 4.69) is 17.1 Å². The van der Waals surface area contributed by atoms with Gasteiger partial charge in [-0.1, -0.05) is 6.92 Å². The lowest BCUT2D eigenvalue weighted by molar-refractivity contribution is -0.150. The smallest absolute Gasteiger partial charge is 0.327 e. The molecule has 1 aliphatic heterocycles. The van der Waals surface area contributed by atoms with E-state index in [0.717, 1.165) is 25.8 Å². The number of carbonyl (C=O) groups is 1. The van der Waals surface area contributed by atoms with Crippen molar-refractivity contribution >= 4 is 15.8 Å². The van der Waals surface area contributed by atoms with E-state index in [-0.39, 0.29) is 17.5 Å². The van der Waals surface area contributed by atoms with E-state index in [1.54, 1.807) is 0 Å². The van der Waals surface area contributed by atoms with Gasteiger partial charge in [-0.05, 0) is 31.7 Å². The molecule has 0 aromatic rings. The minimum absolute atomic E-state index is 0.183. The van der Waals surface area contributed by atoms with Crippen LogP contribution in [0.1, 0.15) is 26.2 Å². The Bertz CT molecular complexity index is 461. The summed E-state index contributed by atoms with van der Waals surface area (Å²) in [6.07, 6.45) is 3.00. The zero-order valence-corrected chi connectivity index (χ0v) is 13.7. The first-order chi connectivity index (χ1) is 9.93. The second-order valence-corrected chi connectivity index (χ2v) is 8.40. The molecule has 122 valence electrons. The van der Waals surface area contributed by atoms with Gasteiger partial charge < -0.3 is 10.1 Å². The number of nitrogens with one attached hydrogen (secondary N) is 1. The molecular weight excluding hydrogens is 292 g/mol. The van der Waals surface area contributed by atoms with Gasteiger partial charge in [0.05, 0.1) is 18.6 Å². The zero-order valence-electron chi connectivity index (χ0n) is 12.9. The lowest BCUT2D eigenvalue weighted by Gasteiger charge is -2.38. The highest BCUT2D eigenvalue weighted by molar-refractivity contribution is 7.91. The molecule has 1 N–H and O–H groups in total. The predicted octanol–water partition coefficient (Wildman–Crippen LogP) is 0.0382. The van der Waals surface area contributed by atoms with E-state index < -0.39 is 15.4 Å². The molecule has 0 aromatic heterocycles. The Hall–Kier alpha value is -0.660. The monoisotopic (exact) mass is 318 g/mol. The average molecular weight is 318 g/mol. The number of carbonyl (C=O) groups excluding carboxylic acids is 1. The van der Waals surface area contributed by atoms with Crippen LogP contribution in [0.15, 0.2) is 0 Å². The summed E-state index contributed by atoms with van der Waals surface area (Å²) in [5.74, 6) is 0.452. The number of methoxy groups -OCH3 is 1. The lowest BCUT2D eigenvalue weighted by Crippen LogP contribution is -2.62. The molecule has 0 aromatic carbocycles. The highest BCUT2D eigenvalue weighted by atomic mass is 32.2. The first kappa shape index (κ1) is 16.7. The number of sulfone groups is 1. The zero-order chi connectivity index (χ0) is 15.5. The highest BCUT2D eigenvalue weighted by Crippen LogP contribution is 2.41. The molecule has 0 radical (unpaired) electrons. The molecule has 1 atom stereocenters. The van der Waals surface area contributed by atoms with Crippen molar-refractivity contribution in [1.82, 2.24) is 10.2 Å². The molecule has 2 rings (SSSR count). The van der Waals surface area contributed by atoms with Crippen LogP contribution in [-0.2, 0) is 19.4 Å². The molecular formula is C14H26N2O4S. The summed E-state index contributed by atoms with van der Waals surface area (Å²) < 4.78 is 28.1. The Morgan fingerprint density at radius 2 is 1.95 bits per heavy atom. The van der Waals surface area contributed by atoms with Crippen LogP contribution >= 0.6 is 0 Å². The van der Waals surface area contributed by atoms with Gasteiger partial charge in [0, 0.05) is 19.6 Å². The van der Waals surface area contributed by atoms with Crippen molar-refractivity contribution in [2.24, 2.45) is 5.92 Å². The van der Waals surface area contributed by atoms with Crippen molar-refractivity contribution in [3.63, 3.8) is 0 Å². The molecule has 21 heavy (non-hydrogen) atoms. The molecule has 1 aliphatic carbocycles. The Morgan fingerprint density at radius 3 is 2.43 bits per heavy atom. The Morgan fingerprint density at radius 1 is 1.33 bits per heavy atom. The quantitative estimate of drug-likeness (QED) is 0.668. The van der Waals surface area contributed by atoms with Crippen LogP contribution in [0.5, 0.6) is 0 Å². The maximum atomic E-state index is 12.4. The Balaban J connectivity index is 2.09. The van der Waals surface area contributed by atoms with Gasteiger partial charge in [0.1, 0.15) is 5.54 Å². The lowest BCUT2D eigenvalue weighted by atomic mass is 9.91. The van der Waals surface area contributed by atoms with Crippen LogP contribution in [-0.4, -0.2) is 69.6 Å². The van der Waals surface area contributed by atoms with Gasteiger partial charge in [-0.2, -0.15) is 0 Å². The minimum atomic E-state index is -2.90. The first-order valence-corrected chi connectivity index (χ1v) is 9.52. The van der Waals surface area contributed by atoms with Gasteiger partial charge in [-0.15, -0.1) is 0 Å². The van der Waals surface area contributed by atoms with Crippen LogP contribution < -0.4 is 5.32 Å². The number of rotatable bonds is 7. The van der Waals surface area contributed by atoms with Crippen molar-refractivity contribution < 1.29 is 17.9 Å². The van der Waals surface area contributed by atoms with Crippen LogP contribution in [0.4, 0.5) is 0 Å². The molecule has 0 amide bonds. The molecule has 1 saturated carbocycles. The third kappa shape index (κ3) is 3.96. The SMILES string of the molecule is CCCNC(CN1CCS(=O)(=O)CC1)(C(=O)OC)C1CC1. The fourth-order valence-corrected chi connectivity index (χ4v) is 4.28. The standard InChI is InChI=1S/C14H26N2O4S/c1-3-6-15-14(12-4-5-12,13(17)20-2)11-16-7-9-21(18,19)10-8-16/h12,15H,3-11H2,1-2H3. The van der Waals surface area contributed by atoms with Crippen molar-refractivity contribution in [2.75, 3.05) is 44.8 Å². The predicted molar refractivity (Wildman–Crippen MR) is 80.9 cm³/mol. The fraction of sp³-hybridized carbons (Fsp3) is 0.929. The van der Waals surface area contributed by atoms with E-state index >= 15 is 0 Å². The molecule has 0 bridgehead atoms. The summed E-state index contributed by atoms with van der Waals surface area (Å²) in [4.78, 5) is 14.5. The fourth-order valence-electron chi connectivity index (χ4n) is 3.00. The van der Waals surface area contributed by atoms with Crippen molar-refractivity contribution in [1.29, 1.82) is 0 Å². The first-order valence-electron chi connectivity index (χ1n) is 7.70. The number of hydrogen-bond acceptors (Lipinski definition) is 6. The van der Waals surface area contributed by atoms with Gasteiger partial charge in [-0.25, -0.2) is 13.2 Å². The third-order valence-corrected chi connectivity index (χ3v) is 6.03. The Labute approximate surface area is 127 Å². The van der Waals surface area contributed by atoms with Crippen LogP contribution in [0.2, 0.25) is 0 Å². The third-order valence-electron chi connectivity index (χ3n) is 4.42. The molecule has 2 aliphatic rings. The van der Waals surface area contributed by atoms with Gasteiger partial charge in [0.15, 0.2) is 9.84 Å². The highest BCUT2D eigenvalue weighted by Gasteiger charge is 2.52. The number of nitrogens with zero attached hydrogens (tertiary/aromatic N) is 1. The molecule has 1 unspecified atom stereocenters. The summed E-state index contributed by atoms with van der Waals surface area (Å²) in [6.45, 7) is 4.37. The maximum Gasteiger partial charge on any atom is 0.327 e. The second-order valence-electron chi connectivity index (χ2n) is 6.09. The van der Waals surface area contributed by atoms with E-state index in [9.17, 15) is 13.2 Å². The molecule has 1 saturated heterocycles. The summed E-state index contributed by atoms with van der Waals surface area (Å²) in [6, 6.07) is 0. The largest absolute Gasteiger partial charge is 0.468 e. The molecule has 2 fully saturated rings. The van der Waals surface area contributed by atoms with E-state index in [0.29, 0.717) is 25.6 Å². The second kappa shape index (κ2) is 6.62. The van der Waals surface area contributed by atoms with Crippen LogP contribution in [0.25, 0.3) is 0 Å².